The highest BCUT2D eigenvalue weighted by Crippen LogP contribution is 2.18. The van der Waals surface area contributed by atoms with Crippen LogP contribution in [0.4, 0.5) is 5.69 Å². The highest BCUT2D eigenvalue weighted by Gasteiger charge is 2.09. The molecular formula is C19H19N3O3S. The van der Waals surface area contributed by atoms with Gasteiger partial charge in [-0.2, -0.15) is 8.75 Å². The number of hydrogen-bond acceptors (Lipinski definition) is 6. The van der Waals surface area contributed by atoms with E-state index >= 15 is 0 Å². The number of aromatic nitrogens is 2. The van der Waals surface area contributed by atoms with Crippen molar-refractivity contribution in [2.45, 2.75) is 20.1 Å². The molecule has 1 heterocycles. The molecule has 6 nitrogen and oxygen atoms in total. The van der Waals surface area contributed by atoms with E-state index in [0.717, 1.165) is 34.4 Å². The van der Waals surface area contributed by atoms with Gasteiger partial charge in [0.1, 0.15) is 18.1 Å². The van der Waals surface area contributed by atoms with E-state index in [9.17, 15) is 4.79 Å². The van der Waals surface area contributed by atoms with Crippen LogP contribution in [0.5, 0.6) is 5.75 Å². The van der Waals surface area contributed by atoms with E-state index in [2.05, 4.69) is 14.1 Å². The van der Waals surface area contributed by atoms with E-state index in [1.165, 1.54) is 0 Å². The van der Waals surface area contributed by atoms with Crippen LogP contribution in [0.15, 0.2) is 48.5 Å². The molecule has 0 atom stereocenters. The molecule has 0 radical (unpaired) electrons. The Morgan fingerprint density at radius 2 is 1.96 bits per heavy atom. The summed E-state index contributed by atoms with van der Waals surface area (Å²) in [6.45, 7) is 2.72. The Kier molecular flexibility index (Phi) is 5.93. The van der Waals surface area contributed by atoms with Gasteiger partial charge in [-0.25, -0.2) is 0 Å². The maximum absolute atomic E-state index is 12.5. The summed E-state index contributed by atoms with van der Waals surface area (Å²) >= 11 is 1.16. The number of nitrogens with zero attached hydrogens (tertiary/aromatic N) is 2. The van der Waals surface area contributed by atoms with Crippen molar-refractivity contribution in [3.63, 3.8) is 0 Å². The summed E-state index contributed by atoms with van der Waals surface area (Å²) in [6, 6.07) is 14.6. The van der Waals surface area contributed by atoms with Crippen LogP contribution in [0.3, 0.4) is 0 Å². The van der Waals surface area contributed by atoms with Crippen LogP contribution in [0.25, 0.3) is 0 Å². The lowest BCUT2D eigenvalue weighted by Gasteiger charge is -2.09. The highest BCUT2D eigenvalue weighted by molar-refractivity contribution is 6.99. The summed E-state index contributed by atoms with van der Waals surface area (Å²) in [5.41, 5.74) is 3.90. The Bertz CT molecular complexity index is 895. The number of hydrogen-bond donors (Lipinski definition) is 1. The molecule has 0 aliphatic heterocycles. The number of anilines is 1. The molecule has 1 N–H and O–H groups in total. The normalized spacial score (nSPS) is 10.5. The smallest absolute Gasteiger partial charge is 0.255 e. The lowest BCUT2D eigenvalue weighted by molar-refractivity contribution is 0.102. The predicted molar refractivity (Wildman–Crippen MR) is 101 cm³/mol. The second kappa shape index (κ2) is 8.55. The number of aryl methyl sites for hydroxylation is 1. The van der Waals surface area contributed by atoms with Gasteiger partial charge in [0, 0.05) is 18.4 Å². The number of ether oxygens (including phenoxy) is 2. The maximum Gasteiger partial charge on any atom is 0.255 e. The zero-order valence-corrected chi connectivity index (χ0v) is 15.4. The molecule has 1 aromatic heterocycles. The first-order valence-corrected chi connectivity index (χ1v) is 8.79. The van der Waals surface area contributed by atoms with Gasteiger partial charge in [-0.3, -0.25) is 4.79 Å². The first kappa shape index (κ1) is 18.0. The van der Waals surface area contributed by atoms with Crippen molar-refractivity contribution in [1.29, 1.82) is 0 Å². The van der Waals surface area contributed by atoms with Crippen LogP contribution in [0.2, 0.25) is 0 Å². The van der Waals surface area contributed by atoms with Crippen molar-refractivity contribution < 1.29 is 14.3 Å². The molecule has 3 rings (SSSR count). The van der Waals surface area contributed by atoms with Crippen LogP contribution < -0.4 is 10.1 Å². The van der Waals surface area contributed by atoms with Gasteiger partial charge < -0.3 is 14.8 Å². The van der Waals surface area contributed by atoms with Gasteiger partial charge in [-0.1, -0.05) is 18.2 Å². The molecule has 0 saturated heterocycles. The molecule has 0 spiro atoms. The number of methoxy groups -OCH3 is 1. The SMILES string of the molecule is COCc1cccc(NC(=O)c2cccc(OCc3nsnc3C)c2)c1. The van der Waals surface area contributed by atoms with Crippen molar-refractivity contribution >= 4 is 23.3 Å². The van der Waals surface area contributed by atoms with Gasteiger partial charge in [-0.15, -0.1) is 0 Å². The molecule has 134 valence electrons. The number of carbonyl (C=O) groups is 1. The van der Waals surface area contributed by atoms with Crippen LogP contribution in [-0.4, -0.2) is 21.8 Å². The number of nitrogens with one attached hydrogen (secondary N) is 1. The third-order valence-electron chi connectivity index (χ3n) is 3.71. The Labute approximate surface area is 156 Å². The average Bonchev–Trinajstić information content (AvgIpc) is 3.06. The van der Waals surface area contributed by atoms with E-state index in [-0.39, 0.29) is 5.91 Å². The van der Waals surface area contributed by atoms with Crippen LogP contribution >= 0.6 is 11.7 Å². The monoisotopic (exact) mass is 369 g/mol. The Balaban J connectivity index is 1.66. The molecule has 0 aliphatic rings. The Morgan fingerprint density at radius 3 is 2.73 bits per heavy atom. The van der Waals surface area contributed by atoms with Gasteiger partial charge in [0.25, 0.3) is 5.91 Å². The fourth-order valence-corrected chi connectivity index (χ4v) is 2.92. The van der Waals surface area contributed by atoms with Crippen LogP contribution in [-0.2, 0) is 18.0 Å². The van der Waals surface area contributed by atoms with E-state index in [0.29, 0.717) is 24.5 Å². The summed E-state index contributed by atoms with van der Waals surface area (Å²) in [7, 11) is 1.64. The molecule has 26 heavy (non-hydrogen) atoms. The standard InChI is InChI=1S/C19H19N3O3S/c1-13-18(22-26-21-13)12-25-17-8-4-6-15(10-17)19(23)20-16-7-3-5-14(9-16)11-24-2/h3-10H,11-12H2,1-2H3,(H,20,23). The first-order chi connectivity index (χ1) is 12.7. The summed E-state index contributed by atoms with van der Waals surface area (Å²) in [4.78, 5) is 12.5. The molecular weight excluding hydrogens is 350 g/mol. The minimum atomic E-state index is -0.198. The van der Waals surface area contributed by atoms with E-state index in [4.69, 9.17) is 9.47 Å². The van der Waals surface area contributed by atoms with Crippen molar-refractivity contribution in [2.24, 2.45) is 0 Å². The lowest BCUT2D eigenvalue weighted by atomic mass is 10.1. The lowest BCUT2D eigenvalue weighted by Crippen LogP contribution is -2.12. The molecule has 0 bridgehead atoms. The number of benzene rings is 2. The summed E-state index contributed by atoms with van der Waals surface area (Å²) < 4.78 is 19.1. The second-order valence-electron chi connectivity index (χ2n) is 5.70. The van der Waals surface area contributed by atoms with Crippen molar-refractivity contribution in [2.75, 3.05) is 12.4 Å². The molecule has 0 unspecified atom stereocenters. The Morgan fingerprint density at radius 1 is 1.12 bits per heavy atom. The minimum Gasteiger partial charge on any atom is -0.487 e. The van der Waals surface area contributed by atoms with Gasteiger partial charge in [0.15, 0.2) is 0 Å². The van der Waals surface area contributed by atoms with Crippen molar-refractivity contribution in [1.82, 2.24) is 8.75 Å². The zero-order chi connectivity index (χ0) is 18.4. The van der Waals surface area contributed by atoms with Gasteiger partial charge >= 0.3 is 0 Å². The molecule has 0 saturated carbocycles. The molecule has 3 aromatic rings. The average molecular weight is 369 g/mol. The number of amides is 1. The summed E-state index contributed by atoms with van der Waals surface area (Å²) in [6.07, 6.45) is 0. The highest BCUT2D eigenvalue weighted by atomic mass is 32.1. The van der Waals surface area contributed by atoms with Crippen LogP contribution in [0, 0.1) is 6.92 Å². The predicted octanol–water partition coefficient (Wildman–Crippen LogP) is 3.82. The first-order valence-electron chi connectivity index (χ1n) is 8.06. The topological polar surface area (TPSA) is 73.3 Å². The zero-order valence-electron chi connectivity index (χ0n) is 14.6. The second-order valence-corrected chi connectivity index (χ2v) is 6.23. The number of carbonyl (C=O) groups excluding carboxylic acids is 1. The maximum atomic E-state index is 12.5. The largest absolute Gasteiger partial charge is 0.487 e. The minimum absolute atomic E-state index is 0.198. The van der Waals surface area contributed by atoms with Gasteiger partial charge in [0.05, 0.1) is 24.0 Å². The molecule has 7 heteroatoms. The van der Waals surface area contributed by atoms with Crippen molar-refractivity contribution in [3.8, 4) is 5.75 Å². The summed E-state index contributed by atoms with van der Waals surface area (Å²) in [5, 5.41) is 2.89. The quantitative estimate of drug-likeness (QED) is 0.685. The van der Waals surface area contributed by atoms with Crippen LogP contribution in [0.1, 0.15) is 27.3 Å². The summed E-state index contributed by atoms with van der Waals surface area (Å²) in [5.74, 6) is 0.412. The molecule has 0 aliphatic carbocycles. The van der Waals surface area contributed by atoms with Gasteiger partial charge in [0.2, 0.25) is 0 Å². The Hall–Kier alpha value is -2.77. The third-order valence-corrected chi connectivity index (χ3v) is 4.37. The molecule has 1 amide bonds. The van der Waals surface area contributed by atoms with E-state index in [1.54, 1.807) is 25.3 Å². The molecule has 2 aromatic carbocycles. The fourth-order valence-electron chi connectivity index (χ4n) is 2.37. The van der Waals surface area contributed by atoms with Gasteiger partial charge in [-0.05, 0) is 42.8 Å². The number of rotatable bonds is 7. The van der Waals surface area contributed by atoms with E-state index < -0.39 is 0 Å². The fraction of sp³-hybridized carbons (Fsp3) is 0.211. The molecule has 0 fully saturated rings. The third kappa shape index (κ3) is 4.65. The van der Waals surface area contributed by atoms with E-state index in [1.807, 2.05) is 37.3 Å². The van der Waals surface area contributed by atoms with Crippen molar-refractivity contribution in [3.05, 3.63) is 71.0 Å².